The van der Waals surface area contributed by atoms with Crippen LogP contribution in [0.2, 0.25) is 0 Å². The molecule has 0 spiro atoms. The van der Waals surface area contributed by atoms with Gasteiger partial charge < -0.3 is 20.3 Å². The molecule has 2 aromatic heterocycles. The molecule has 2 aliphatic rings. The van der Waals surface area contributed by atoms with E-state index in [0.717, 1.165) is 11.3 Å². The minimum absolute atomic E-state index is 0.0358. The van der Waals surface area contributed by atoms with E-state index in [4.69, 9.17) is 15.5 Å². The zero-order valence-electron chi connectivity index (χ0n) is 25.1. The van der Waals surface area contributed by atoms with E-state index in [2.05, 4.69) is 11.6 Å². The average molecular weight is 636 g/mol. The first-order valence-corrected chi connectivity index (χ1v) is 15.4. The molecule has 4 heterocycles. The topological polar surface area (TPSA) is 112 Å². The fraction of sp³-hybridized carbons (Fsp3) is 0.375. The monoisotopic (exact) mass is 635 g/mol. The number of hydrogen-bond acceptors (Lipinski definition) is 9. The van der Waals surface area contributed by atoms with Crippen LogP contribution in [-0.4, -0.2) is 83.8 Å². The van der Waals surface area contributed by atoms with Gasteiger partial charge in [0.2, 0.25) is 5.91 Å². The predicted molar refractivity (Wildman–Crippen MR) is 169 cm³/mol. The van der Waals surface area contributed by atoms with Crippen molar-refractivity contribution < 1.29 is 22.7 Å². The van der Waals surface area contributed by atoms with Gasteiger partial charge in [0.15, 0.2) is 5.82 Å². The maximum Gasteiger partial charge on any atom is 0.319 e. The van der Waals surface area contributed by atoms with Crippen LogP contribution in [-0.2, 0) is 4.79 Å². The second-order valence-corrected chi connectivity index (χ2v) is 12.6. The summed E-state index contributed by atoms with van der Waals surface area (Å²) in [7, 11) is 3.64. The van der Waals surface area contributed by atoms with Crippen molar-refractivity contribution in [3.8, 4) is 23.2 Å². The number of nitrogens with zero attached hydrogens (tertiary/aromatic N) is 6. The summed E-state index contributed by atoms with van der Waals surface area (Å²) in [6.07, 6.45) is 1.27. The van der Waals surface area contributed by atoms with Gasteiger partial charge in [0.1, 0.15) is 41.0 Å². The highest BCUT2D eigenvalue weighted by molar-refractivity contribution is 7.23. The molecule has 0 radical (unpaired) electrons. The Morgan fingerprint density at radius 2 is 2.04 bits per heavy atom. The highest BCUT2D eigenvalue weighted by Gasteiger charge is 2.37. The number of carbonyl (C=O) groups excluding carboxylic acids is 1. The average Bonchev–Trinajstić information content (AvgIpc) is 3.68. The molecule has 45 heavy (non-hydrogen) atoms. The number of thiophene rings is 1. The van der Waals surface area contributed by atoms with E-state index in [0.29, 0.717) is 42.7 Å². The third-order valence-corrected chi connectivity index (χ3v) is 10.1. The standard InChI is InChI=1S/C32H32F3N7O2S/c1-5-25(43)42-11-10-24(16(42)2)41(4)31-21-7-6-20(19-8-9-23(34)29-26(19)22(13-36)30(37)45-29)27(35)28(21)38-32(39-31)44-15-18-12-17(33)14-40(18)3/h5-9,16-18,24H,1,10-12,14-15,37H2,2-4H3/t16-,17-,18+,24-/m1/s1. The van der Waals surface area contributed by atoms with Crippen LogP contribution >= 0.6 is 11.3 Å². The second kappa shape index (κ2) is 11.8. The predicted octanol–water partition coefficient (Wildman–Crippen LogP) is 5.28. The first-order valence-electron chi connectivity index (χ1n) is 14.6. The SMILES string of the molecule is C=CC(=O)N1CC[C@@H](N(C)c2nc(OC[C@@H]3C[C@@H](F)CN3C)nc3c(F)c(-c4ccc(F)c5sc(N)c(C#N)c45)ccc23)[C@H]1C. The molecule has 4 atom stereocenters. The smallest absolute Gasteiger partial charge is 0.319 e. The van der Waals surface area contributed by atoms with Crippen molar-refractivity contribution >= 4 is 49.1 Å². The van der Waals surface area contributed by atoms with Crippen molar-refractivity contribution in [1.29, 1.82) is 5.26 Å². The molecule has 2 fully saturated rings. The summed E-state index contributed by atoms with van der Waals surface area (Å²) < 4.78 is 51.6. The number of alkyl halides is 1. The molecule has 2 aliphatic heterocycles. The van der Waals surface area contributed by atoms with Gasteiger partial charge >= 0.3 is 6.01 Å². The van der Waals surface area contributed by atoms with Gasteiger partial charge in [-0.05, 0) is 50.6 Å². The van der Waals surface area contributed by atoms with Gasteiger partial charge in [-0.3, -0.25) is 9.69 Å². The summed E-state index contributed by atoms with van der Waals surface area (Å²) >= 11 is 0.935. The van der Waals surface area contributed by atoms with Gasteiger partial charge in [-0.2, -0.15) is 15.2 Å². The number of aromatic nitrogens is 2. The fourth-order valence-corrected chi connectivity index (χ4v) is 7.55. The van der Waals surface area contributed by atoms with Gasteiger partial charge in [-0.25, -0.2) is 13.2 Å². The second-order valence-electron chi connectivity index (χ2n) is 11.6. The Kier molecular flexibility index (Phi) is 8.05. The highest BCUT2D eigenvalue weighted by Crippen LogP contribution is 2.43. The number of likely N-dealkylation sites (N-methyl/N-ethyl adjacent to an activating group) is 2. The number of carbonyl (C=O) groups is 1. The van der Waals surface area contributed by atoms with Gasteiger partial charge in [-0.1, -0.05) is 18.7 Å². The quantitative estimate of drug-likeness (QED) is 0.273. The third-order valence-electron chi connectivity index (χ3n) is 9.03. The zero-order valence-corrected chi connectivity index (χ0v) is 25.9. The van der Waals surface area contributed by atoms with Gasteiger partial charge in [0, 0.05) is 48.6 Å². The molecular weight excluding hydrogens is 603 g/mol. The number of benzene rings is 2. The van der Waals surface area contributed by atoms with Crippen LogP contribution in [0.3, 0.4) is 0 Å². The van der Waals surface area contributed by atoms with Crippen molar-refractivity contribution in [2.75, 3.05) is 44.4 Å². The Balaban J connectivity index is 1.48. The number of amides is 1. The van der Waals surface area contributed by atoms with Crippen LogP contribution in [0.25, 0.3) is 32.1 Å². The Bertz CT molecular complexity index is 1880. The summed E-state index contributed by atoms with van der Waals surface area (Å²) in [6.45, 7) is 6.47. The van der Waals surface area contributed by atoms with E-state index < -0.39 is 17.8 Å². The van der Waals surface area contributed by atoms with E-state index in [9.17, 15) is 18.8 Å². The van der Waals surface area contributed by atoms with Crippen LogP contribution in [0, 0.1) is 23.0 Å². The normalized spacial score (nSPS) is 21.8. The maximum atomic E-state index is 16.7. The summed E-state index contributed by atoms with van der Waals surface area (Å²) in [6, 6.07) is 7.29. The van der Waals surface area contributed by atoms with Crippen molar-refractivity contribution in [3.63, 3.8) is 0 Å². The van der Waals surface area contributed by atoms with Crippen molar-refractivity contribution in [3.05, 3.63) is 54.1 Å². The maximum absolute atomic E-state index is 16.7. The number of nitrogens with two attached hydrogens (primary N) is 1. The van der Waals surface area contributed by atoms with E-state index >= 15 is 4.39 Å². The van der Waals surface area contributed by atoms with Crippen LogP contribution < -0.4 is 15.4 Å². The fourth-order valence-electron chi connectivity index (χ4n) is 6.60. The molecular formula is C32H32F3N7O2S. The lowest BCUT2D eigenvalue weighted by molar-refractivity contribution is -0.126. The minimum Gasteiger partial charge on any atom is -0.462 e. The van der Waals surface area contributed by atoms with Crippen molar-refractivity contribution in [2.24, 2.45) is 0 Å². The summed E-state index contributed by atoms with van der Waals surface area (Å²) in [5, 5.41) is 10.6. The van der Waals surface area contributed by atoms with E-state index in [1.54, 1.807) is 17.0 Å². The Morgan fingerprint density at radius 3 is 2.73 bits per heavy atom. The number of ether oxygens (including phenoxy) is 1. The molecule has 2 saturated heterocycles. The summed E-state index contributed by atoms with van der Waals surface area (Å²) in [4.78, 5) is 27.1. The minimum atomic E-state index is -0.968. The molecule has 4 aromatic rings. The molecule has 0 unspecified atom stereocenters. The molecule has 0 saturated carbocycles. The van der Waals surface area contributed by atoms with E-state index in [1.165, 1.54) is 18.2 Å². The number of hydrogen-bond donors (Lipinski definition) is 1. The Labute approximate surface area is 262 Å². The zero-order chi connectivity index (χ0) is 32.2. The molecule has 234 valence electrons. The molecule has 0 aliphatic carbocycles. The summed E-state index contributed by atoms with van der Waals surface area (Å²) in [5.74, 6) is -1.04. The van der Waals surface area contributed by atoms with Crippen LogP contribution in [0.1, 0.15) is 25.3 Å². The van der Waals surface area contributed by atoms with E-state index in [-0.39, 0.29) is 68.4 Å². The Hall–Kier alpha value is -4.41. The molecule has 0 bridgehead atoms. The summed E-state index contributed by atoms with van der Waals surface area (Å²) in [5.41, 5.74) is 6.48. The van der Waals surface area contributed by atoms with Crippen molar-refractivity contribution in [2.45, 2.75) is 44.1 Å². The molecule has 6 rings (SSSR count). The number of likely N-dealkylation sites (tertiary alicyclic amines) is 2. The van der Waals surface area contributed by atoms with Crippen LogP contribution in [0.15, 0.2) is 36.9 Å². The molecule has 2 N–H and O–H groups in total. The van der Waals surface area contributed by atoms with E-state index in [1.807, 2.05) is 36.9 Å². The number of nitriles is 1. The highest BCUT2D eigenvalue weighted by atomic mass is 32.1. The molecule has 13 heteroatoms. The lowest BCUT2D eigenvalue weighted by Gasteiger charge is -2.32. The third kappa shape index (κ3) is 5.21. The van der Waals surface area contributed by atoms with Crippen molar-refractivity contribution in [1.82, 2.24) is 19.8 Å². The molecule has 2 aromatic carbocycles. The number of nitrogen functional groups attached to an aromatic ring is 1. The Morgan fingerprint density at radius 1 is 1.29 bits per heavy atom. The number of fused-ring (bicyclic) bond motifs is 2. The first kappa shape index (κ1) is 30.6. The number of halogens is 3. The lowest BCUT2D eigenvalue weighted by Crippen LogP contribution is -2.43. The van der Waals surface area contributed by atoms with Gasteiger partial charge in [0.25, 0.3) is 0 Å². The number of anilines is 2. The largest absolute Gasteiger partial charge is 0.462 e. The lowest BCUT2D eigenvalue weighted by atomic mass is 9.97. The van der Waals surface area contributed by atoms with Crippen LogP contribution in [0.4, 0.5) is 24.0 Å². The first-order chi connectivity index (χ1) is 21.5. The van der Waals surface area contributed by atoms with Gasteiger partial charge in [0.05, 0.1) is 16.3 Å². The van der Waals surface area contributed by atoms with Gasteiger partial charge in [-0.15, -0.1) is 11.3 Å². The number of rotatable bonds is 7. The van der Waals surface area contributed by atoms with Crippen LogP contribution in [0.5, 0.6) is 6.01 Å². The molecule has 1 amide bonds. The molecule has 9 nitrogen and oxygen atoms in total.